The maximum atomic E-state index is 12.3. The molecule has 0 radical (unpaired) electrons. The van der Waals surface area contributed by atoms with Gasteiger partial charge in [0.25, 0.3) is 0 Å². The van der Waals surface area contributed by atoms with Crippen LogP contribution in [0.2, 0.25) is 0 Å². The second kappa shape index (κ2) is 6.28. The third kappa shape index (κ3) is 4.03. The van der Waals surface area contributed by atoms with Crippen molar-refractivity contribution in [1.29, 1.82) is 0 Å². The van der Waals surface area contributed by atoms with Crippen molar-refractivity contribution in [3.8, 4) is 5.75 Å². The zero-order valence-electron chi connectivity index (χ0n) is 9.74. The summed E-state index contributed by atoms with van der Waals surface area (Å²) in [5, 5.41) is 0. The Morgan fingerprint density at radius 1 is 1.38 bits per heavy atom. The van der Waals surface area contributed by atoms with Crippen LogP contribution in [0.25, 0.3) is 0 Å². The smallest absolute Gasteiger partial charge is 0.119 e. The third-order valence-corrected chi connectivity index (χ3v) is 2.14. The molecule has 0 heterocycles. The van der Waals surface area contributed by atoms with Crippen molar-refractivity contribution in [1.82, 2.24) is 0 Å². The number of hydrogen-bond donors (Lipinski definition) is 1. The Kier molecular flexibility index (Phi) is 4.99. The molecule has 0 aromatic heterocycles. The van der Waals surface area contributed by atoms with Crippen LogP contribution in [0.5, 0.6) is 5.75 Å². The summed E-state index contributed by atoms with van der Waals surface area (Å²) in [5.41, 5.74) is 7.02. The van der Waals surface area contributed by atoms with Gasteiger partial charge in [0.1, 0.15) is 5.75 Å². The van der Waals surface area contributed by atoms with Gasteiger partial charge in [0.2, 0.25) is 0 Å². The van der Waals surface area contributed by atoms with E-state index in [1.807, 2.05) is 38.1 Å². The van der Waals surface area contributed by atoms with Gasteiger partial charge in [-0.15, -0.1) is 0 Å². The van der Waals surface area contributed by atoms with Crippen molar-refractivity contribution in [2.24, 2.45) is 5.73 Å². The minimum atomic E-state index is 0.163. The molecular formula is C13H18FNO. The normalized spacial score (nSPS) is 11.9. The predicted molar refractivity (Wildman–Crippen MR) is 64.2 cm³/mol. The van der Waals surface area contributed by atoms with Gasteiger partial charge in [0.15, 0.2) is 0 Å². The third-order valence-electron chi connectivity index (χ3n) is 2.14. The van der Waals surface area contributed by atoms with Crippen LogP contribution in [0.4, 0.5) is 4.39 Å². The summed E-state index contributed by atoms with van der Waals surface area (Å²) in [5.74, 6) is 0.831. The molecule has 16 heavy (non-hydrogen) atoms. The maximum Gasteiger partial charge on any atom is 0.119 e. The summed E-state index contributed by atoms with van der Waals surface area (Å²) in [7, 11) is 0. The van der Waals surface area contributed by atoms with Gasteiger partial charge in [0.05, 0.1) is 12.4 Å². The molecule has 0 fully saturated rings. The summed E-state index contributed by atoms with van der Waals surface area (Å²) in [6.07, 6.45) is 1.30. The highest BCUT2D eigenvalue weighted by molar-refractivity contribution is 5.30. The molecule has 88 valence electrons. The molecule has 2 nitrogen and oxygen atoms in total. The molecule has 2 N–H and O–H groups in total. The molecule has 0 saturated carbocycles. The number of halogens is 1. The first-order valence-corrected chi connectivity index (χ1v) is 5.39. The molecule has 0 aliphatic rings. The molecule has 0 aliphatic heterocycles. The molecule has 0 amide bonds. The largest absolute Gasteiger partial charge is 0.491 e. The fourth-order valence-corrected chi connectivity index (χ4v) is 1.38. The lowest BCUT2D eigenvalue weighted by Crippen LogP contribution is -2.06. The quantitative estimate of drug-likeness (QED) is 0.833. The monoisotopic (exact) mass is 223 g/mol. The Balaban J connectivity index is 2.64. The minimum absolute atomic E-state index is 0.163. The second-order valence-corrected chi connectivity index (χ2v) is 3.96. The van der Waals surface area contributed by atoms with Gasteiger partial charge in [-0.3, -0.25) is 0 Å². The number of ether oxygens (including phenoxy) is 1. The highest BCUT2D eigenvalue weighted by atomic mass is 19.1. The molecule has 0 aliphatic carbocycles. The number of hydrogen-bond acceptors (Lipinski definition) is 2. The molecule has 0 atom stereocenters. The van der Waals surface area contributed by atoms with Gasteiger partial charge >= 0.3 is 0 Å². The first-order chi connectivity index (χ1) is 7.65. The number of rotatable bonds is 5. The lowest BCUT2D eigenvalue weighted by Gasteiger charge is -2.10. The van der Waals surface area contributed by atoms with Crippen molar-refractivity contribution >= 4 is 0 Å². The van der Waals surface area contributed by atoms with Gasteiger partial charge in [-0.1, -0.05) is 12.1 Å². The average Bonchev–Trinajstić information content (AvgIpc) is 2.27. The van der Waals surface area contributed by atoms with Crippen LogP contribution >= 0.6 is 0 Å². The molecular weight excluding hydrogens is 205 g/mol. The van der Waals surface area contributed by atoms with Crippen LogP contribution in [-0.4, -0.2) is 12.6 Å². The summed E-state index contributed by atoms with van der Waals surface area (Å²) in [6.45, 7) is 4.21. The van der Waals surface area contributed by atoms with Crippen LogP contribution in [-0.2, 0) is 6.42 Å². The summed E-state index contributed by atoms with van der Waals surface area (Å²) in [4.78, 5) is 0. The van der Waals surface area contributed by atoms with Crippen molar-refractivity contribution in [3.05, 3.63) is 41.7 Å². The van der Waals surface area contributed by atoms with E-state index in [9.17, 15) is 4.39 Å². The Bertz CT molecular complexity index is 343. The second-order valence-electron chi connectivity index (χ2n) is 3.96. The first-order valence-electron chi connectivity index (χ1n) is 5.39. The van der Waals surface area contributed by atoms with Crippen molar-refractivity contribution < 1.29 is 9.13 Å². The van der Waals surface area contributed by atoms with E-state index in [2.05, 4.69) is 0 Å². The van der Waals surface area contributed by atoms with E-state index in [1.54, 1.807) is 0 Å². The zero-order chi connectivity index (χ0) is 12.0. The molecule has 0 spiro atoms. The van der Waals surface area contributed by atoms with Crippen LogP contribution in [0, 0.1) is 0 Å². The minimum Gasteiger partial charge on any atom is -0.491 e. The SMILES string of the molecule is CC(C)Oc1ccc(C/C(=C/F)CN)cc1. The highest BCUT2D eigenvalue weighted by Crippen LogP contribution is 2.15. The molecule has 0 unspecified atom stereocenters. The van der Waals surface area contributed by atoms with E-state index in [-0.39, 0.29) is 12.6 Å². The number of benzene rings is 1. The predicted octanol–water partition coefficient (Wildman–Crippen LogP) is 2.83. The Morgan fingerprint density at radius 3 is 2.44 bits per heavy atom. The molecule has 1 aromatic carbocycles. The Hall–Kier alpha value is -1.35. The van der Waals surface area contributed by atoms with Crippen LogP contribution in [0.15, 0.2) is 36.2 Å². The zero-order valence-corrected chi connectivity index (χ0v) is 9.74. The molecule has 1 rings (SSSR count). The van der Waals surface area contributed by atoms with E-state index < -0.39 is 0 Å². The van der Waals surface area contributed by atoms with Crippen LogP contribution in [0.3, 0.4) is 0 Å². The fraction of sp³-hybridized carbons (Fsp3) is 0.385. The van der Waals surface area contributed by atoms with E-state index in [1.165, 1.54) is 0 Å². The number of nitrogens with two attached hydrogens (primary N) is 1. The van der Waals surface area contributed by atoms with E-state index in [0.717, 1.165) is 11.3 Å². The Morgan fingerprint density at radius 2 is 2.00 bits per heavy atom. The summed E-state index contributed by atoms with van der Waals surface area (Å²) in [6, 6.07) is 7.64. The van der Waals surface area contributed by atoms with Gasteiger partial charge in [-0.25, -0.2) is 4.39 Å². The summed E-state index contributed by atoms with van der Waals surface area (Å²) < 4.78 is 17.8. The first kappa shape index (κ1) is 12.7. The summed E-state index contributed by atoms with van der Waals surface area (Å²) >= 11 is 0. The van der Waals surface area contributed by atoms with Gasteiger partial charge in [-0.2, -0.15) is 0 Å². The average molecular weight is 223 g/mol. The fourth-order valence-electron chi connectivity index (χ4n) is 1.38. The van der Waals surface area contributed by atoms with Crippen molar-refractivity contribution in [2.75, 3.05) is 6.54 Å². The van der Waals surface area contributed by atoms with Crippen LogP contribution < -0.4 is 10.5 Å². The molecule has 3 heteroatoms. The van der Waals surface area contributed by atoms with Gasteiger partial charge in [0, 0.05) is 6.54 Å². The van der Waals surface area contributed by atoms with Crippen molar-refractivity contribution in [2.45, 2.75) is 26.4 Å². The van der Waals surface area contributed by atoms with Crippen LogP contribution in [0.1, 0.15) is 19.4 Å². The lowest BCUT2D eigenvalue weighted by molar-refractivity contribution is 0.242. The van der Waals surface area contributed by atoms with Gasteiger partial charge < -0.3 is 10.5 Å². The molecule has 0 bridgehead atoms. The highest BCUT2D eigenvalue weighted by Gasteiger charge is 2.00. The maximum absolute atomic E-state index is 12.3. The van der Waals surface area contributed by atoms with E-state index in [4.69, 9.17) is 10.5 Å². The van der Waals surface area contributed by atoms with Crippen molar-refractivity contribution in [3.63, 3.8) is 0 Å². The molecule has 0 saturated heterocycles. The standard InChI is InChI=1S/C13H18FNO/c1-10(2)16-13-5-3-11(4-6-13)7-12(8-14)9-15/h3-6,8,10H,7,9,15H2,1-2H3/b12-8-. The molecule has 1 aromatic rings. The topological polar surface area (TPSA) is 35.2 Å². The Labute approximate surface area is 95.9 Å². The van der Waals surface area contributed by atoms with E-state index >= 15 is 0 Å². The lowest BCUT2D eigenvalue weighted by atomic mass is 10.1. The van der Waals surface area contributed by atoms with Gasteiger partial charge in [-0.05, 0) is 43.5 Å². The van der Waals surface area contributed by atoms with E-state index in [0.29, 0.717) is 18.3 Å².